The van der Waals surface area contributed by atoms with Crippen molar-refractivity contribution in [3.05, 3.63) is 65.7 Å². The highest BCUT2D eigenvalue weighted by Crippen LogP contribution is 2.21. The number of carbonyl (C=O) groups is 1. The molecule has 2 rings (SSSR count). The van der Waals surface area contributed by atoms with Crippen molar-refractivity contribution in [3.63, 3.8) is 0 Å². The number of benzene rings is 2. The van der Waals surface area contributed by atoms with Crippen LogP contribution in [0.5, 0.6) is 5.75 Å². The maximum atomic E-state index is 12.4. The number of ketones is 1. The van der Waals surface area contributed by atoms with Crippen molar-refractivity contribution in [1.82, 2.24) is 0 Å². The van der Waals surface area contributed by atoms with E-state index in [0.29, 0.717) is 6.61 Å². The van der Waals surface area contributed by atoms with Gasteiger partial charge in [0.05, 0.1) is 6.61 Å². The predicted octanol–water partition coefficient (Wildman–Crippen LogP) is 4.07. The fourth-order valence-electron chi connectivity index (χ4n) is 2.03. The van der Waals surface area contributed by atoms with Crippen molar-refractivity contribution in [1.29, 1.82) is 0 Å². The molecular formula is C17H18O2. The molecule has 19 heavy (non-hydrogen) atoms. The van der Waals surface area contributed by atoms with E-state index in [0.717, 1.165) is 16.9 Å². The maximum Gasteiger partial charge on any atom is 0.170 e. The second-order valence-electron chi connectivity index (χ2n) is 4.45. The standard InChI is InChI=1S/C17H18O2/c1-3-19-16-11-9-15(10-12-16)17(18)13(2)14-7-5-4-6-8-14/h4-13H,3H2,1-2H3. The van der Waals surface area contributed by atoms with E-state index in [1.54, 1.807) is 0 Å². The second kappa shape index (κ2) is 6.19. The Morgan fingerprint density at radius 1 is 1.05 bits per heavy atom. The normalized spacial score (nSPS) is 11.9. The molecule has 0 bridgehead atoms. The molecule has 2 aromatic rings. The monoisotopic (exact) mass is 254 g/mol. The van der Waals surface area contributed by atoms with Gasteiger partial charge in [-0.2, -0.15) is 0 Å². The van der Waals surface area contributed by atoms with Gasteiger partial charge in [-0.15, -0.1) is 0 Å². The highest BCUT2D eigenvalue weighted by atomic mass is 16.5. The molecule has 0 radical (unpaired) electrons. The average Bonchev–Trinajstić information content (AvgIpc) is 2.48. The minimum Gasteiger partial charge on any atom is -0.494 e. The van der Waals surface area contributed by atoms with E-state index in [1.807, 2.05) is 68.4 Å². The highest BCUT2D eigenvalue weighted by Gasteiger charge is 2.16. The lowest BCUT2D eigenvalue weighted by Gasteiger charge is -2.11. The molecule has 1 atom stereocenters. The van der Waals surface area contributed by atoms with Crippen molar-refractivity contribution in [2.75, 3.05) is 6.61 Å². The maximum absolute atomic E-state index is 12.4. The first kappa shape index (κ1) is 13.3. The van der Waals surface area contributed by atoms with Gasteiger partial charge in [0.15, 0.2) is 5.78 Å². The van der Waals surface area contributed by atoms with Crippen molar-refractivity contribution in [2.45, 2.75) is 19.8 Å². The molecule has 0 heterocycles. The third-order valence-electron chi connectivity index (χ3n) is 3.14. The van der Waals surface area contributed by atoms with E-state index in [9.17, 15) is 4.79 Å². The minimum absolute atomic E-state index is 0.126. The Morgan fingerprint density at radius 2 is 1.68 bits per heavy atom. The lowest BCUT2D eigenvalue weighted by Crippen LogP contribution is -2.09. The lowest BCUT2D eigenvalue weighted by atomic mass is 9.92. The van der Waals surface area contributed by atoms with Gasteiger partial charge in [-0.1, -0.05) is 37.3 Å². The van der Waals surface area contributed by atoms with Gasteiger partial charge in [0.1, 0.15) is 5.75 Å². The molecule has 0 spiro atoms. The van der Waals surface area contributed by atoms with Crippen LogP contribution in [0.4, 0.5) is 0 Å². The van der Waals surface area contributed by atoms with Crippen LogP contribution in [0.3, 0.4) is 0 Å². The fourth-order valence-corrected chi connectivity index (χ4v) is 2.03. The summed E-state index contributed by atoms with van der Waals surface area (Å²) in [5, 5.41) is 0. The third kappa shape index (κ3) is 3.22. The van der Waals surface area contributed by atoms with Crippen LogP contribution in [-0.2, 0) is 0 Å². The van der Waals surface area contributed by atoms with Crippen LogP contribution in [0.25, 0.3) is 0 Å². The SMILES string of the molecule is CCOc1ccc(C(=O)C(C)c2ccccc2)cc1. The molecule has 0 aromatic heterocycles. The molecule has 0 aliphatic heterocycles. The molecule has 2 aromatic carbocycles. The second-order valence-corrected chi connectivity index (χ2v) is 4.45. The Hall–Kier alpha value is -2.09. The first-order valence-electron chi connectivity index (χ1n) is 6.54. The molecule has 0 fully saturated rings. The van der Waals surface area contributed by atoms with Crippen molar-refractivity contribution in [3.8, 4) is 5.75 Å². The van der Waals surface area contributed by atoms with Crippen LogP contribution < -0.4 is 4.74 Å². The molecule has 2 nitrogen and oxygen atoms in total. The Bertz CT molecular complexity index is 529. The number of carbonyl (C=O) groups excluding carboxylic acids is 1. The fraction of sp³-hybridized carbons (Fsp3) is 0.235. The summed E-state index contributed by atoms with van der Waals surface area (Å²) in [6, 6.07) is 17.2. The van der Waals surface area contributed by atoms with Crippen LogP contribution in [0.1, 0.15) is 35.7 Å². The quantitative estimate of drug-likeness (QED) is 0.752. The average molecular weight is 254 g/mol. The van der Waals surface area contributed by atoms with E-state index >= 15 is 0 Å². The molecule has 1 unspecified atom stereocenters. The molecule has 0 aliphatic carbocycles. The molecule has 0 saturated carbocycles. The Kier molecular flexibility index (Phi) is 4.35. The summed E-state index contributed by atoms with van der Waals surface area (Å²) in [7, 11) is 0. The zero-order chi connectivity index (χ0) is 13.7. The number of rotatable bonds is 5. The number of ether oxygens (including phenoxy) is 1. The number of Topliss-reactive ketones (excluding diaryl/α,β-unsaturated/α-hetero) is 1. The van der Waals surface area contributed by atoms with Gasteiger partial charge in [-0.3, -0.25) is 4.79 Å². The molecule has 98 valence electrons. The van der Waals surface area contributed by atoms with Crippen LogP contribution in [0.15, 0.2) is 54.6 Å². The van der Waals surface area contributed by atoms with Crippen molar-refractivity contribution in [2.24, 2.45) is 0 Å². The molecular weight excluding hydrogens is 236 g/mol. The summed E-state index contributed by atoms with van der Waals surface area (Å²) < 4.78 is 5.37. The van der Waals surface area contributed by atoms with Gasteiger partial charge in [0, 0.05) is 11.5 Å². The number of hydrogen-bond acceptors (Lipinski definition) is 2. The Morgan fingerprint density at radius 3 is 2.26 bits per heavy atom. The largest absolute Gasteiger partial charge is 0.494 e. The van der Waals surface area contributed by atoms with Gasteiger partial charge in [-0.05, 0) is 36.8 Å². The third-order valence-corrected chi connectivity index (χ3v) is 3.14. The van der Waals surface area contributed by atoms with Crippen molar-refractivity contribution >= 4 is 5.78 Å². The van der Waals surface area contributed by atoms with Gasteiger partial charge >= 0.3 is 0 Å². The molecule has 0 amide bonds. The van der Waals surface area contributed by atoms with Gasteiger partial charge < -0.3 is 4.74 Å². The minimum atomic E-state index is -0.126. The zero-order valence-electron chi connectivity index (χ0n) is 11.3. The first-order chi connectivity index (χ1) is 9.22. The summed E-state index contributed by atoms with van der Waals surface area (Å²) in [5.74, 6) is 0.805. The van der Waals surface area contributed by atoms with E-state index in [1.165, 1.54) is 0 Å². The number of hydrogen-bond donors (Lipinski definition) is 0. The van der Waals surface area contributed by atoms with Crippen LogP contribution in [0, 0.1) is 0 Å². The highest BCUT2D eigenvalue weighted by molar-refractivity contribution is 6.00. The summed E-state index contributed by atoms with van der Waals surface area (Å²) >= 11 is 0. The van der Waals surface area contributed by atoms with Gasteiger partial charge in [-0.25, -0.2) is 0 Å². The van der Waals surface area contributed by atoms with E-state index in [4.69, 9.17) is 4.74 Å². The van der Waals surface area contributed by atoms with Crippen molar-refractivity contribution < 1.29 is 9.53 Å². The summed E-state index contributed by atoms with van der Waals surface area (Å²) in [4.78, 5) is 12.4. The van der Waals surface area contributed by atoms with E-state index in [-0.39, 0.29) is 11.7 Å². The van der Waals surface area contributed by atoms with Gasteiger partial charge in [0.25, 0.3) is 0 Å². The first-order valence-corrected chi connectivity index (χ1v) is 6.54. The smallest absolute Gasteiger partial charge is 0.170 e. The van der Waals surface area contributed by atoms with Gasteiger partial charge in [0.2, 0.25) is 0 Å². The Balaban J connectivity index is 2.15. The topological polar surface area (TPSA) is 26.3 Å². The zero-order valence-corrected chi connectivity index (χ0v) is 11.3. The van der Waals surface area contributed by atoms with Crippen LogP contribution >= 0.6 is 0 Å². The van der Waals surface area contributed by atoms with E-state index in [2.05, 4.69) is 0 Å². The lowest BCUT2D eigenvalue weighted by molar-refractivity contribution is 0.0966. The summed E-state index contributed by atoms with van der Waals surface area (Å²) in [6.45, 7) is 4.51. The van der Waals surface area contributed by atoms with E-state index < -0.39 is 0 Å². The molecule has 2 heteroatoms. The predicted molar refractivity (Wildman–Crippen MR) is 76.8 cm³/mol. The summed E-state index contributed by atoms with van der Waals surface area (Å²) in [6.07, 6.45) is 0. The summed E-state index contributed by atoms with van der Waals surface area (Å²) in [5.41, 5.74) is 1.76. The van der Waals surface area contributed by atoms with Crippen LogP contribution in [0.2, 0.25) is 0 Å². The molecule has 0 N–H and O–H groups in total. The Labute approximate surface area is 114 Å². The molecule has 0 aliphatic rings. The van der Waals surface area contributed by atoms with Crippen LogP contribution in [-0.4, -0.2) is 12.4 Å². The molecule has 0 saturated heterocycles.